The molecular weight excluding hydrogens is 296 g/mol. The highest BCUT2D eigenvalue weighted by molar-refractivity contribution is 5.80. The molecule has 0 bridgehead atoms. The molecule has 0 spiro atoms. The number of hydrogen-bond acceptors (Lipinski definition) is 2. The molecule has 0 saturated heterocycles. The maximum atomic E-state index is 11.5. The molecule has 0 aromatic rings. The molecular formula is C22H42O2. The van der Waals surface area contributed by atoms with Crippen molar-refractivity contribution in [1.29, 1.82) is 0 Å². The van der Waals surface area contributed by atoms with Gasteiger partial charge in [-0.2, -0.15) is 0 Å². The van der Waals surface area contributed by atoms with Crippen LogP contribution in [-0.4, -0.2) is 11.6 Å². The van der Waals surface area contributed by atoms with Crippen molar-refractivity contribution in [2.75, 3.05) is 0 Å². The largest absolute Gasteiger partial charge is 0.299 e. The lowest BCUT2D eigenvalue weighted by atomic mass is 10.0. The van der Waals surface area contributed by atoms with Crippen LogP contribution in [0.25, 0.3) is 0 Å². The van der Waals surface area contributed by atoms with Gasteiger partial charge in [0.25, 0.3) is 0 Å². The van der Waals surface area contributed by atoms with Crippen molar-refractivity contribution in [2.45, 2.75) is 118 Å². The summed E-state index contributed by atoms with van der Waals surface area (Å²) in [5, 5.41) is 0. The fourth-order valence-electron chi connectivity index (χ4n) is 2.94. The predicted molar refractivity (Wildman–Crippen MR) is 104 cm³/mol. The second-order valence-electron chi connectivity index (χ2n) is 7.98. The van der Waals surface area contributed by atoms with E-state index in [2.05, 4.69) is 0 Å². The van der Waals surface area contributed by atoms with Gasteiger partial charge in [0.15, 0.2) is 0 Å². The van der Waals surface area contributed by atoms with Crippen LogP contribution >= 0.6 is 0 Å². The number of hydrogen-bond donors (Lipinski definition) is 0. The molecule has 2 heteroatoms. The van der Waals surface area contributed by atoms with Crippen molar-refractivity contribution < 1.29 is 9.59 Å². The summed E-state index contributed by atoms with van der Waals surface area (Å²) < 4.78 is 0. The molecule has 0 saturated carbocycles. The molecule has 0 rings (SSSR count). The van der Waals surface area contributed by atoms with Gasteiger partial charge in [0.2, 0.25) is 0 Å². The summed E-state index contributed by atoms with van der Waals surface area (Å²) in [7, 11) is 0. The Balaban J connectivity index is 3.15. The Morgan fingerprint density at radius 2 is 0.667 bits per heavy atom. The van der Waals surface area contributed by atoms with E-state index in [9.17, 15) is 9.59 Å². The molecule has 2 nitrogen and oxygen atoms in total. The molecule has 0 aromatic carbocycles. The van der Waals surface area contributed by atoms with Gasteiger partial charge < -0.3 is 0 Å². The van der Waals surface area contributed by atoms with Gasteiger partial charge >= 0.3 is 0 Å². The molecule has 0 unspecified atom stereocenters. The van der Waals surface area contributed by atoms with E-state index in [1.807, 2.05) is 27.7 Å². The van der Waals surface area contributed by atoms with Gasteiger partial charge in [0.1, 0.15) is 11.6 Å². The Morgan fingerprint density at radius 1 is 0.458 bits per heavy atom. The lowest BCUT2D eigenvalue weighted by Gasteiger charge is -2.05. The van der Waals surface area contributed by atoms with E-state index in [0.717, 1.165) is 25.7 Å². The molecule has 0 aliphatic carbocycles. The van der Waals surface area contributed by atoms with Gasteiger partial charge in [0.05, 0.1) is 0 Å². The zero-order chi connectivity index (χ0) is 18.2. The highest BCUT2D eigenvalue weighted by atomic mass is 16.1. The average Bonchev–Trinajstić information content (AvgIpc) is 2.54. The van der Waals surface area contributed by atoms with Gasteiger partial charge in [0, 0.05) is 24.7 Å². The number of carbonyl (C=O) groups excluding carboxylic acids is 2. The Kier molecular flexibility index (Phi) is 15.4. The van der Waals surface area contributed by atoms with Crippen molar-refractivity contribution in [2.24, 2.45) is 11.8 Å². The molecule has 0 aromatic heterocycles. The summed E-state index contributed by atoms with van der Waals surface area (Å²) in [6.07, 6.45) is 16.8. The van der Waals surface area contributed by atoms with Gasteiger partial charge in [-0.1, -0.05) is 91.9 Å². The highest BCUT2D eigenvalue weighted by Crippen LogP contribution is 2.14. The molecule has 0 fully saturated rings. The number of unbranched alkanes of at least 4 members (excludes halogenated alkanes) is 11. The average molecular weight is 339 g/mol. The van der Waals surface area contributed by atoms with Crippen molar-refractivity contribution in [3.8, 4) is 0 Å². The molecule has 0 heterocycles. The molecule has 0 aliphatic heterocycles. The normalized spacial score (nSPS) is 11.4. The number of rotatable bonds is 17. The zero-order valence-electron chi connectivity index (χ0n) is 16.9. The summed E-state index contributed by atoms with van der Waals surface area (Å²) in [4.78, 5) is 23.0. The summed E-state index contributed by atoms with van der Waals surface area (Å²) in [5.41, 5.74) is 0. The number of carbonyl (C=O) groups is 2. The topological polar surface area (TPSA) is 34.1 Å². The van der Waals surface area contributed by atoms with E-state index in [-0.39, 0.29) is 11.8 Å². The molecule has 0 radical (unpaired) electrons. The molecule has 24 heavy (non-hydrogen) atoms. The first-order valence-corrected chi connectivity index (χ1v) is 10.5. The minimum atomic E-state index is 0.209. The summed E-state index contributed by atoms with van der Waals surface area (Å²) >= 11 is 0. The lowest BCUT2D eigenvalue weighted by molar-refractivity contribution is -0.122. The highest BCUT2D eigenvalue weighted by Gasteiger charge is 2.06. The Morgan fingerprint density at radius 3 is 0.875 bits per heavy atom. The van der Waals surface area contributed by atoms with E-state index < -0.39 is 0 Å². The molecule has 0 aliphatic rings. The maximum absolute atomic E-state index is 11.5. The number of Topliss-reactive ketones (excluding diaryl/α,β-unsaturated/α-hetero) is 2. The van der Waals surface area contributed by atoms with Crippen LogP contribution in [-0.2, 0) is 9.59 Å². The van der Waals surface area contributed by atoms with Crippen LogP contribution in [0.3, 0.4) is 0 Å². The van der Waals surface area contributed by atoms with E-state index in [0.29, 0.717) is 11.6 Å². The van der Waals surface area contributed by atoms with Crippen LogP contribution in [0.1, 0.15) is 118 Å². The Bertz CT molecular complexity index is 286. The first-order chi connectivity index (χ1) is 11.4. The second-order valence-corrected chi connectivity index (χ2v) is 7.98. The third kappa shape index (κ3) is 14.9. The van der Waals surface area contributed by atoms with Crippen LogP contribution < -0.4 is 0 Å². The van der Waals surface area contributed by atoms with Crippen molar-refractivity contribution in [3.63, 3.8) is 0 Å². The smallest absolute Gasteiger partial charge is 0.135 e. The van der Waals surface area contributed by atoms with Crippen LogP contribution in [0, 0.1) is 11.8 Å². The first-order valence-electron chi connectivity index (χ1n) is 10.5. The SMILES string of the molecule is CC(C)C(=O)CCCCCCCCCCCCCCC(=O)C(C)C. The van der Waals surface area contributed by atoms with Crippen molar-refractivity contribution in [3.05, 3.63) is 0 Å². The quantitative estimate of drug-likeness (QED) is 0.270. The van der Waals surface area contributed by atoms with Crippen molar-refractivity contribution >= 4 is 11.6 Å². The van der Waals surface area contributed by atoms with Crippen LogP contribution in [0.15, 0.2) is 0 Å². The fraction of sp³-hybridized carbons (Fsp3) is 0.909. The number of ketones is 2. The van der Waals surface area contributed by atoms with E-state index in [1.165, 1.54) is 64.2 Å². The standard InChI is InChI=1S/C22H42O2/c1-19(2)21(23)17-15-13-11-9-7-5-6-8-10-12-14-16-18-22(24)20(3)4/h19-20H,5-18H2,1-4H3. The molecule has 0 atom stereocenters. The summed E-state index contributed by atoms with van der Waals surface area (Å²) in [5.74, 6) is 1.26. The fourth-order valence-corrected chi connectivity index (χ4v) is 2.94. The van der Waals surface area contributed by atoms with Gasteiger partial charge in [-0.3, -0.25) is 9.59 Å². The molecule has 142 valence electrons. The minimum absolute atomic E-state index is 0.209. The zero-order valence-corrected chi connectivity index (χ0v) is 16.9. The van der Waals surface area contributed by atoms with Crippen LogP contribution in [0.5, 0.6) is 0 Å². The predicted octanol–water partition coefficient (Wildman–Crippen LogP) is 6.90. The third-order valence-corrected chi connectivity index (χ3v) is 4.88. The van der Waals surface area contributed by atoms with E-state index in [4.69, 9.17) is 0 Å². The lowest BCUT2D eigenvalue weighted by Crippen LogP contribution is -2.05. The van der Waals surface area contributed by atoms with Crippen LogP contribution in [0.4, 0.5) is 0 Å². The third-order valence-electron chi connectivity index (χ3n) is 4.88. The minimum Gasteiger partial charge on any atom is -0.299 e. The molecule has 0 amide bonds. The molecule has 0 N–H and O–H groups in total. The maximum Gasteiger partial charge on any atom is 0.135 e. The first kappa shape index (κ1) is 23.3. The monoisotopic (exact) mass is 338 g/mol. The van der Waals surface area contributed by atoms with Crippen molar-refractivity contribution in [1.82, 2.24) is 0 Å². The van der Waals surface area contributed by atoms with Crippen LogP contribution in [0.2, 0.25) is 0 Å². The summed E-state index contributed by atoms with van der Waals surface area (Å²) in [6.45, 7) is 7.97. The van der Waals surface area contributed by atoms with E-state index >= 15 is 0 Å². The van der Waals surface area contributed by atoms with Gasteiger partial charge in [-0.25, -0.2) is 0 Å². The Labute approximate surface area is 151 Å². The van der Waals surface area contributed by atoms with Gasteiger partial charge in [-0.15, -0.1) is 0 Å². The Hall–Kier alpha value is -0.660. The van der Waals surface area contributed by atoms with E-state index in [1.54, 1.807) is 0 Å². The van der Waals surface area contributed by atoms with Gasteiger partial charge in [-0.05, 0) is 12.8 Å². The summed E-state index contributed by atoms with van der Waals surface area (Å²) in [6, 6.07) is 0. The second kappa shape index (κ2) is 15.8.